The van der Waals surface area contributed by atoms with Crippen molar-refractivity contribution in [1.82, 2.24) is 19.4 Å². The lowest BCUT2D eigenvalue weighted by Gasteiger charge is -2.30. The van der Waals surface area contributed by atoms with Crippen LogP contribution in [0.4, 0.5) is 0 Å². The summed E-state index contributed by atoms with van der Waals surface area (Å²) < 4.78 is 13.4. The molecule has 0 saturated carbocycles. The Morgan fingerprint density at radius 3 is 2.64 bits per heavy atom. The zero-order valence-electron chi connectivity index (χ0n) is 15.6. The van der Waals surface area contributed by atoms with Crippen LogP contribution in [0.1, 0.15) is 21.7 Å². The Morgan fingerprint density at radius 2 is 1.82 bits per heavy atom. The summed E-state index contributed by atoms with van der Waals surface area (Å²) in [6.45, 7) is 4.92. The maximum Gasteiger partial charge on any atom is 0.254 e. The van der Waals surface area contributed by atoms with Crippen molar-refractivity contribution in [3.05, 3.63) is 59.7 Å². The number of imidazole rings is 1. The molecule has 142 valence electrons. The van der Waals surface area contributed by atoms with Gasteiger partial charge in [-0.15, -0.1) is 0 Å². The third kappa shape index (κ3) is 2.79. The first-order chi connectivity index (χ1) is 13.7. The van der Waals surface area contributed by atoms with E-state index >= 15 is 0 Å². The minimum absolute atomic E-state index is 0.00529. The number of hydrogen-bond donors (Lipinski definition) is 0. The number of aryl methyl sites for hydroxylation is 1. The molecule has 0 saturated heterocycles. The number of nitrogens with zero attached hydrogens (tertiary/aromatic N) is 4. The molecule has 0 N–H and O–H groups in total. The van der Waals surface area contributed by atoms with E-state index in [2.05, 4.69) is 9.55 Å². The van der Waals surface area contributed by atoms with Crippen molar-refractivity contribution in [3.63, 3.8) is 0 Å². The summed E-state index contributed by atoms with van der Waals surface area (Å²) in [5.41, 5.74) is 3.68. The molecule has 1 aromatic carbocycles. The first-order valence-corrected chi connectivity index (χ1v) is 9.36. The van der Waals surface area contributed by atoms with E-state index in [1.807, 2.05) is 30.0 Å². The molecular weight excluding hydrogens is 356 g/mol. The second-order valence-corrected chi connectivity index (χ2v) is 6.94. The molecule has 0 spiro atoms. The zero-order chi connectivity index (χ0) is 19.1. The fraction of sp³-hybridized carbons (Fsp3) is 0.286. The number of ether oxygens (including phenoxy) is 2. The van der Waals surface area contributed by atoms with Crippen LogP contribution >= 0.6 is 0 Å². The third-order valence-corrected chi connectivity index (χ3v) is 5.22. The van der Waals surface area contributed by atoms with Crippen LogP contribution in [0.5, 0.6) is 11.5 Å². The van der Waals surface area contributed by atoms with Crippen molar-refractivity contribution in [2.75, 3.05) is 19.8 Å². The Labute approximate surface area is 162 Å². The van der Waals surface area contributed by atoms with E-state index in [9.17, 15) is 4.79 Å². The number of hydrogen-bond acceptors (Lipinski definition) is 5. The Kier molecular flexibility index (Phi) is 4.00. The van der Waals surface area contributed by atoms with E-state index in [1.54, 1.807) is 24.5 Å². The SMILES string of the molecule is Cc1nc(-c2ccncc2)n2c1CN(C(=O)c1ccc3c(c1)OCCO3)CC2. The lowest BCUT2D eigenvalue weighted by atomic mass is 10.1. The summed E-state index contributed by atoms with van der Waals surface area (Å²) in [6.07, 6.45) is 3.54. The molecule has 2 aliphatic heterocycles. The van der Waals surface area contributed by atoms with Crippen molar-refractivity contribution in [2.45, 2.75) is 20.0 Å². The Bertz CT molecular complexity index is 1050. The molecule has 0 unspecified atom stereocenters. The van der Waals surface area contributed by atoms with E-state index in [-0.39, 0.29) is 5.91 Å². The van der Waals surface area contributed by atoms with Crippen LogP contribution in [-0.4, -0.2) is 45.1 Å². The zero-order valence-corrected chi connectivity index (χ0v) is 15.6. The van der Waals surface area contributed by atoms with Gasteiger partial charge in [-0.1, -0.05) is 0 Å². The molecule has 4 heterocycles. The van der Waals surface area contributed by atoms with Crippen molar-refractivity contribution in [1.29, 1.82) is 0 Å². The molecule has 5 rings (SSSR count). The van der Waals surface area contributed by atoms with Gasteiger partial charge in [-0.05, 0) is 37.3 Å². The van der Waals surface area contributed by atoms with Crippen LogP contribution in [0.15, 0.2) is 42.7 Å². The average molecular weight is 376 g/mol. The summed E-state index contributed by atoms with van der Waals surface area (Å²) in [6, 6.07) is 9.31. The lowest BCUT2D eigenvalue weighted by molar-refractivity contribution is 0.0710. The Hall–Kier alpha value is -3.35. The molecule has 0 radical (unpaired) electrons. The number of carbonyl (C=O) groups is 1. The van der Waals surface area contributed by atoms with Gasteiger partial charge in [0.15, 0.2) is 11.5 Å². The van der Waals surface area contributed by atoms with Crippen LogP contribution in [0.3, 0.4) is 0 Å². The normalized spacial score (nSPS) is 15.2. The van der Waals surface area contributed by atoms with Gasteiger partial charge in [0.05, 0.1) is 17.9 Å². The van der Waals surface area contributed by atoms with E-state index in [0.29, 0.717) is 49.9 Å². The maximum atomic E-state index is 13.1. The van der Waals surface area contributed by atoms with Gasteiger partial charge in [-0.25, -0.2) is 4.98 Å². The minimum Gasteiger partial charge on any atom is -0.486 e. The highest BCUT2D eigenvalue weighted by molar-refractivity contribution is 5.95. The molecular formula is C21H20N4O3. The smallest absolute Gasteiger partial charge is 0.254 e. The molecule has 3 aromatic rings. The molecule has 0 atom stereocenters. The number of amides is 1. The molecule has 7 nitrogen and oxygen atoms in total. The monoisotopic (exact) mass is 376 g/mol. The van der Waals surface area contributed by atoms with Gasteiger partial charge in [-0.3, -0.25) is 9.78 Å². The fourth-order valence-corrected chi connectivity index (χ4v) is 3.78. The quantitative estimate of drug-likeness (QED) is 0.688. The topological polar surface area (TPSA) is 69.5 Å². The summed E-state index contributed by atoms with van der Waals surface area (Å²) >= 11 is 0. The molecule has 0 bridgehead atoms. The first-order valence-electron chi connectivity index (χ1n) is 9.36. The van der Waals surface area contributed by atoms with Gasteiger partial charge in [0.2, 0.25) is 0 Å². The standard InChI is InChI=1S/C21H20N4O3/c1-14-17-13-24(8-9-25(17)20(23-14)15-4-6-22-7-5-15)21(26)16-2-3-18-19(12-16)28-11-10-27-18/h2-7,12H,8-11,13H2,1H3. The Balaban J connectivity index is 1.42. The number of pyridine rings is 1. The molecule has 0 aliphatic carbocycles. The van der Waals surface area contributed by atoms with Crippen LogP contribution in [-0.2, 0) is 13.1 Å². The molecule has 1 amide bonds. The molecule has 28 heavy (non-hydrogen) atoms. The molecule has 2 aliphatic rings. The van der Waals surface area contributed by atoms with Gasteiger partial charge in [-0.2, -0.15) is 0 Å². The van der Waals surface area contributed by atoms with E-state index in [4.69, 9.17) is 14.5 Å². The van der Waals surface area contributed by atoms with Gasteiger partial charge in [0, 0.05) is 36.6 Å². The number of carbonyl (C=O) groups excluding carboxylic acids is 1. The second-order valence-electron chi connectivity index (χ2n) is 6.94. The van der Waals surface area contributed by atoms with Gasteiger partial charge < -0.3 is 18.9 Å². The Morgan fingerprint density at radius 1 is 1.04 bits per heavy atom. The third-order valence-electron chi connectivity index (χ3n) is 5.22. The lowest BCUT2D eigenvalue weighted by Crippen LogP contribution is -2.38. The van der Waals surface area contributed by atoms with E-state index in [0.717, 1.165) is 22.8 Å². The molecule has 0 fully saturated rings. The van der Waals surface area contributed by atoms with Crippen molar-refractivity contribution >= 4 is 5.91 Å². The second kappa shape index (κ2) is 6.67. The summed E-state index contributed by atoms with van der Waals surface area (Å²) in [7, 11) is 0. The van der Waals surface area contributed by atoms with Crippen LogP contribution in [0, 0.1) is 6.92 Å². The predicted octanol–water partition coefficient (Wildman–Crippen LogP) is 2.68. The van der Waals surface area contributed by atoms with Crippen LogP contribution in [0.25, 0.3) is 11.4 Å². The minimum atomic E-state index is -0.00529. The number of fused-ring (bicyclic) bond motifs is 2. The number of benzene rings is 1. The number of rotatable bonds is 2. The summed E-state index contributed by atoms with van der Waals surface area (Å²) in [4.78, 5) is 23.8. The summed E-state index contributed by atoms with van der Waals surface area (Å²) in [5, 5.41) is 0. The van der Waals surface area contributed by atoms with Crippen molar-refractivity contribution < 1.29 is 14.3 Å². The van der Waals surface area contributed by atoms with E-state index < -0.39 is 0 Å². The summed E-state index contributed by atoms with van der Waals surface area (Å²) in [5.74, 6) is 2.25. The maximum absolute atomic E-state index is 13.1. The van der Waals surface area contributed by atoms with Crippen LogP contribution in [0.2, 0.25) is 0 Å². The predicted molar refractivity (Wildman–Crippen MR) is 102 cm³/mol. The first kappa shape index (κ1) is 16.8. The van der Waals surface area contributed by atoms with Gasteiger partial charge in [0.1, 0.15) is 19.0 Å². The van der Waals surface area contributed by atoms with Gasteiger partial charge in [0.25, 0.3) is 5.91 Å². The largest absolute Gasteiger partial charge is 0.486 e. The van der Waals surface area contributed by atoms with Crippen molar-refractivity contribution in [3.8, 4) is 22.9 Å². The number of aromatic nitrogens is 3. The van der Waals surface area contributed by atoms with Gasteiger partial charge >= 0.3 is 0 Å². The molecule has 7 heteroatoms. The highest BCUT2D eigenvalue weighted by Gasteiger charge is 2.27. The average Bonchev–Trinajstić information content (AvgIpc) is 3.09. The van der Waals surface area contributed by atoms with Crippen LogP contribution < -0.4 is 9.47 Å². The highest BCUT2D eigenvalue weighted by atomic mass is 16.6. The molecule has 2 aromatic heterocycles. The van der Waals surface area contributed by atoms with Crippen molar-refractivity contribution in [2.24, 2.45) is 0 Å². The fourth-order valence-electron chi connectivity index (χ4n) is 3.78. The van der Waals surface area contributed by atoms with E-state index in [1.165, 1.54) is 0 Å². The highest BCUT2D eigenvalue weighted by Crippen LogP contribution is 2.32.